The molecule has 5 heteroatoms. The van der Waals surface area contributed by atoms with Crippen molar-refractivity contribution in [2.45, 2.75) is 11.8 Å². The second-order valence-electron chi connectivity index (χ2n) is 4.25. The minimum atomic E-state index is -3.90. The summed E-state index contributed by atoms with van der Waals surface area (Å²) in [6, 6.07) is 13.2. The van der Waals surface area contributed by atoms with Crippen LogP contribution in [0.1, 0.15) is 11.1 Å². The Morgan fingerprint density at radius 3 is 2.30 bits per heavy atom. The predicted molar refractivity (Wildman–Crippen MR) is 79.9 cm³/mol. The Balaban J connectivity index is 2.27. The summed E-state index contributed by atoms with van der Waals surface area (Å²) >= 11 is 5.98. The fourth-order valence-electron chi connectivity index (χ4n) is 1.62. The first-order chi connectivity index (χ1) is 9.40. The molecule has 0 N–H and O–H groups in total. The Bertz CT molecular complexity index is 734. The van der Waals surface area contributed by atoms with E-state index >= 15 is 0 Å². The van der Waals surface area contributed by atoms with E-state index in [1.807, 2.05) is 6.92 Å². The van der Waals surface area contributed by atoms with Gasteiger partial charge in [-0.25, -0.2) is 0 Å². The van der Waals surface area contributed by atoms with Crippen molar-refractivity contribution < 1.29 is 12.6 Å². The fraction of sp³-hybridized carbons (Fsp3) is 0.0667. The van der Waals surface area contributed by atoms with Gasteiger partial charge in [0, 0.05) is 5.56 Å². The number of rotatable bonds is 4. The molecule has 0 atom stereocenters. The summed E-state index contributed by atoms with van der Waals surface area (Å²) in [7, 11) is -3.90. The van der Waals surface area contributed by atoms with Gasteiger partial charge in [0.15, 0.2) is 0 Å². The summed E-state index contributed by atoms with van der Waals surface area (Å²) in [4.78, 5) is 0.0799. The van der Waals surface area contributed by atoms with Gasteiger partial charge in [0.1, 0.15) is 10.7 Å². The maximum absolute atomic E-state index is 12.1. The van der Waals surface area contributed by atoms with Crippen LogP contribution < -0.4 is 0 Å². The van der Waals surface area contributed by atoms with Gasteiger partial charge in [-0.05, 0) is 31.2 Å². The van der Waals surface area contributed by atoms with Gasteiger partial charge in [0.2, 0.25) is 0 Å². The first kappa shape index (κ1) is 14.6. The highest BCUT2D eigenvalue weighted by Crippen LogP contribution is 2.26. The third-order valence-corrected chi connectivity index (χ3v) is 4.29. The molecule has 2 aromatic rings. The van der Waals surface area contributed by atoms with Gasteiger partial charge in [0.25, 0.3) is 0 Å². The van der Waals surface area contributed by atoms with Crippen molar-refractivity contribution in [2.24, 2.45) is 0 Å². The molecule has 0 heterocycles. The largest absolute Gasteiger partial charge is 0.379 e. The molecule has 0 aliphatic heterocycles. The van der Waals surface area contributed by atoms with Crippen LogP contribution in [0.4, 0.5) is 0 Å². The molecule has 104 valence electrons. The van der Waals surface area contributed by atoms with Gasteiger partial charge in [-0.15, -0.1) is 0 Å². The maximum atomic E-state index is 12.1. The Kier molecular flexibility index (Phi) is 4.16. The van der Waals surface area contributed by atoms with E-state index < -0.39 is 10.1 Å². The molecule has 0 saturated carbocycles. The van der Waals surface area contributed by atoms with Crippen LogP contribution in [0.15, 0.2) is 60.0 Å². The van der Waals surface area contributed by atoms with Gasteiger partial charge in [-0.2, -0.15) is 8.42 Å². The lowest BCUT2D eigenvalue weighted by atomic mass is 10.2. The predicted octanol–water partition coefficient (Wildman–Crippen LogP) is 4.02. The molecule has 0 fully saturated rings. The Morgan fingerprint density at radius 1 is 1.10 bits per heavy atom. The zero-order valence-electron chi connectivity index (χ0n) is 10.8. The van der Waals surface area contributed by atoms with E-state index in [4.69, 9.17) is 15.8 Å². The molecule has 0 unspecified atom stereocenters. The minimum absolute atomic E-state index is 0.00354. The van der Waals surface area contributed by atoms with Crippen LogP contribution in [-0.2, 0) is 14.3 Å². The molecule has 0 bridgehead atoms. The van der Waals surface area contributed by atoms with Crippen molar-refractivity contribution in [1.29, 1.82) is 0 Å². The molecule has 0 aliphatic carbocycles. The van der Waals surface area contributed by atoms with E-state index in [1.165, 1.54) is 12.1 Å². The molecule has 2 rings (SSSR count). The number of aryl methyl sites for hydroxylation is 1. The lowest BCUT2D eigenvalue weighted by Crippen LogP contribution is -2.05. The van der Waals surface area contributed by atoms with E-state index in [1.54, 1.807) is 36.4 Å². The Hall–Kier alpha value is -1.78. The number of hydrogen-bond donors (Lipinski definition) is 0. The second-order valence-corrected chi connectivity index (χ2v) is 6.21. The Labute approximate surface area is 123 Å². The van der Waals surface area contributed by atoms with Gasteiger partial charge in [-0.1, -0.05) is 48.0 Å². The molecular formula is C15H13ClO3S. The van der Waals surface area contributed by atoms with E-state index in [2.05, 4.69) is 6.58 Å². The summed E-state index contributed by atoms with van der Waals surface area (Å²) in [5.41, 5.74) is 1.42. The van der Waals surface area contributed by atoms with Crippen LogP contribution in [0.2, 0.25) is 5.02 Å². The lowest BCUT2D eigenvalue weighted by Gasteiger charge is -2.10. The van der Waals surface area contributed by atoms with Crippen LogP contribution in [0.5, 0.6) is 0 Å². The average Bonchev–Trinajstić information content (AvgIpc) is 2.39. The molecule has 2 aromatic carbocycles. The fourth-order valence-corrected chi connectivity index (χ4v) is 2.78. The molecule has 20 heavy (non-hydrogen) atoms. The second kappa shape index (κ2) is 5.69. The van der Waals surface area contributed by atoms with Crippen molar-refractivity contribution in [3.63, 3.8) is 0 Å². The highest BCUT2D eigenvalue weighted by Gasteiger charge is 2.18. The molecule has 0 spiro atoms. The van der Waals surface area contributed by atoms with Crippen molar-refractivity contribution in [1.82, 2.24) is 0 Å². The third kappa shape index (κ3) is 3.21. The van der Waals surface area contributed by atoms with Crippen molar-refractivity contribution in [3.05, 3.63) is 71.3 Å². The van der Waals surface area contributed by atoms with Gasteiger partial charge in [-0.3, -0.25) is 0 Å². The maximum Gasteiger partial charge on any atom is 0.339 e. The molecule has 0 saturated heterocycles. The highest BCUT2D eigenvalue weighted by molar-refractivity contribution is 7.87. The van der Waals surface area contributed by atoms with Crippen LogP contribution in [0.25, 0.3) is 5.76 Å². The number of benzene rings is 2. The average molecular weight is 309 g/mol. The van der Waals surface area contributed by atoms with Crippen molar-refractivity contribution in [2.75, 3.05) is 0 Å². The minimum Gasteiger partial charge on any atom is -0.379 e. The highest BCUT2D eigenvalue weighted by atomic mass is 35.5. The number of halogens is 1. The van der Waals surface area contributed by atoms with Crippen molar-refractivity contribution >= 4 is 27.5 Å². The van der Waals surface area contributed by atoms with Gasteiger partial charge >= 0.3 is 10.1 Å². The molecular weight excluding hydrogens is 296 g/mol. The SMILES string of the molecule is C=C(OS(=O)(=O)c1ccc(C)cc1)c1ccccc1Cl. The van der Waals surface area contributed by atoms with E-state index in [9.17, 15) is 8.42 Å². The summed E-state index contributed by atoms with van der Waals surface area (Å²) in [5.74, 6) is -0.00354. The smallest absolute Gasteiger partial charge is 0.339 e. The van der Waals surface area contributed by atoms with Crippen LogP contribution in [0, 0.1) is 6.92 Å². The topological polar surface area (TPSA) is 43.4 Å². The molecule has 3 nitrogen and oxygen atoms in total. The van der Waals surface area contributed by atoms with Crippen molar-refractivity contribution in [3.8, 4) is 0 Å². The first-order valence-corrected chi connectivity index (χ1v) is 7.64. The molecule has 0 aliphatic rings. The normalized spacial score (nSPS) is 11.1. The Morgan fingerprint density at radius 2 is 1.70 bits per heavy atom. The van der Waals surface area contributed by atoms with E-state index in [-0.39, 0.29) is 10.7 Å². The quantitative estimate of drug-likeness (QED) is 0.633. The van der Waals surface area contributed by atoms with Crippen LogP contribution in [-0.4, -0.2) is 8.42 Å². The summed E-state index contributed by atoms with van der Waals surface area (Å²) < 4.78 is 29.2. The molecule has 0 radical (unpaired) electrons. The molecule has 0 aromatic heterocycles. The lowest BCUT2D eigenvalue weighted by molar-refractivity contribution is 0.464. The standard InChI is InChI=1S/C15H13ClO3S/c1-11-7-9-13(10-8-11)20(17,18)19-12(2)14-5-3-4-6-15(14)16/h3-10H,2H2,1H3. The first-order valence-electron chi connectivity index (χ1n) is 5.85. The third-order valence-electron chi connectivity index (χ3n) is 2.69. The number of hydrogen-bond acceptors (Lipinski definition) is 3. The summed E-state index contributed by atoms with van der Waals surface area (Å²) in [5, 5.41) is 0.386. The zero-order valence-corrected chi connectivity index (χ0v) is 12.4. The van der Waals surface area contributed by atoms with E-state index in [0.29, 0.717) is 10.6 Å². The summed E-state index contributed by atoms with van der Waals surface area (Å²) in [6.45, 7) is 5.50. The zero-order chi connectivity index (χ0) is 14.8. The summed E-state index contributed by atoms with van der Waals surface area (Å²) in [6.07, 6.45) is 0. The van der Waals surface area contributed by atoms with Gasteiger partial charge < -0.3 is 4.18 Å². The monoisotopic (exact) mass is 308 g/mol. The van der Waals surface area contributed by atoms with Gasteiger partial charge in [0.05, 0.1) is 5.02 Å². The van der Waals surface area contributed by atoms with E-state index in [0.717, 1.165) is 5.56 Å². The van der Waals surface area contributed by atoms with Crippen LogP contribution in [0.3, 0.4) is 0 Å². The molecule has 0 amide bonds. The van der Waals surface area contributed by atoms with Crippen LogP contribution >= 0.6 is 11.6 Å².